The summed E-state index contributed by atoms with van der Waals surface area (Å²) in [6.45, 7) is 4.97. The maximum absolute atomic E-state index is 8.51. The molecule has 1 N–H and O–H groups in total. The van der Waals surface area contributed by atoms with E-state index in [1.54, 1.807) is 0 Å². The standard InChI is InChI=1S/C14H29BrO4/c1-2-3-4-5-6-14(13-15)19-12-11-18-10-9-17-8-7-16/h14,16H,2-13H2,1H3. The fourth-order valence-electron chi connectivity index (χ4n) is 1.66. The predicted molar refractivity (Wildman–Crippen MR) is 81.0 cm³/mol. The Bertz CT molecular complexity index is 170. The van der Waals surface area contributed by atoms with Crippen molar-refractivity contribution in [3.63, 3.8) is 0 Å². The number of alkyl halides is 1. The molecule has 0 aromatic heterocycles. The number of aliphatic hydroxyl groups is 1. The van der Waals surface area contributed by atoms with Crippen LogP contribution in [0.15, 0.2) is 0 Å². The molecule has 4 nitrogen and oxygen atoms in total. The van der Waals surface area contributed by atoms with Gasteiger partial charge >= 0.3 is 0 Å². The van der Waals surface area contributed by atoms with Crippen molar-refractivity contribution in [3.05, 3.63) is 0 Å². The van der Waals surface area contributed by atoms with E-state index in [-0.39, 0.29) is 6.61 Å². The third-order valence-electron chi connectivity index (χ3n) is 2.74. The van der Waals surface area contributed by atoms with Crippen LogP contribution in [-0.4, -0.2) is 56.2 Å². The van der Waals surface area contributed by atoms with Crippen molar-refractivity contribution in [2.75, 3.05) is 45.0 Å². The topological polar surface area (TPSA) is 47.9 Å². The second-order valence-electron chi connectivity index (χ2n) is 4.44. The summed E-state index contributed by atoms with van der Waals surface area (Å²) in [6.07, 6.45) is 6.52. The Balaban J connectivity index is 3.26. The zero-order chi connectivity index (χ0) is 14.2. The summed E-state index contributed by atoms with van der Waals surface area (Å²) in [7, 11) is 0. The summed E-state index contributed by atoms with van der Waals surface area (Å²) in [6, 6.07) is 0. The number of rotatable bonds is 15. The third kappa shape index (κ3) is 14.5. The minimum absolute atomic E-state index is 0.0636. The Labute approximate surface area is 125 Å². The zero-order valence-corrected chi connectivity index (χ0v) is 13.7. The lowest BCUT2D eigenvalue weighted by Crippen LogP contribution is -2.18. The van der Waals surface area contributed by atoms with Gasteiger partial charge in [-0.2, -0.15) is 0 Å². The summed E-state index contributed by atoms with van der Waals surface area (Å²) >= 11 is 3.49. The van der Waals surface area contributed by atoms with Crippen LogP contribution in [0.5, 0.6) is 0 Å². The highest BCUT2D eigenvalue weighted by molar-refractivity contribution is 9.09. The summed E-state index contributed by atoms with van der Waals surface area (Å²) in [5.74, 6) is 0. The fraction of sp³-hybridized carbons (Fsp3) is 1.00. The van der Waals surface area contributed by atoms with E-state index >= 15 is 0 Å². The molecule has 0 amide bonds. The third-order valence-corrected chi connectivity index (χ3v) is 3.46. The summed E-state index contributed by atoms with van der Waals surface area (Å²) < 4.78 is 16.2. The van der Waals surface area contributed by atoms with E-state index in [0.29, 0.717) is 39.1 Å². The first-order chi connectivity index (χ1) is 9.35. The molecule has 1 atom stereocenters. The Morgan fingerprint density at radius 2 is 1.63 bits per heavy atom. The molecule has 116 valence electrons. The molecule has 0 aliphatic carbocycles. The van der Waals surface area contributed by atoms with E-state index in [1.165, 1.54) is 25.7 Å². The monoisotopic (exact) mass is 340 g/mol. The summed E-state index contributed by atoms with van der Waals surface area (Å²) in [5.41, 5.74) is 0. The minimum Gasteiger partial charge on any atom is -0.394 e. The fourth-order valence-corrected chi connectivity index (χ4v) is 2.17. The first kappa shape index (κ1) is 19.3. The SMILES string of the molecule is CCCCCCC(CBr)OCCOCCOCCO. The average Bonchev–Trinajstić information content (AvgIpc) is 2.44. The van der Waals surface area contributed by atoms with E-state index in [4.69, 9.17) is 19.3 Å². The Morgan fingerprint density at radius 3 is 2.26 bits per heavy atom. The second kappa shape index (κ2) is 16.4. The van der Waals surface area contributed by atoms with Gasteiger partial charge in [0.2, 0.25) is 0 Å². The molecule has 0 saturated heterocycles. The van der Waals surface area contributed by atoms with Crippen LogP contribution in [0.4, 0.5) is 0 Å². The van der Waals surface area contributed by atoms with Crippen LogP contribution in [0.1, 0.15) is 39.0 Å². The predicted octanol–water partition coefficient (Wildman–Crippen LogP) is 2.76. The van der Waals surface area contributed by atoms with Crippen LogP contribution >= 0.6 is 15.9 Å². The van der Waals surface area contributed by atoms with Gasteiger partial charge in [0, 0.05) is 5.33 Å². The number of unbranched alkanes of at least 4 members (excludes halogenated alkanes) is 3. The smallest absolute Gasteiger partial charge is 0.0704 e. The van der Waals surface area contributed by atoms with Gasteiger partial charge in [-0.1, -0.05) is 48.5 Å². The lowest BCUT2D eigenvalue weighted by molar-refractivity contribution is -0.0106. The largest absolute Gasteiger partial charge is 0.394 e. The molecule has 0 aromatic rings. The number of hydrogen-bond donors (Lipinski definition) is 1. The number of hydrogen-bond acceptors (Lipinski definition) is 4. The lowest BCUT2D eigenvalue weighted by atomic mass is 10.1. The first-order valence-corrected chi connectivity index (χ1v) is 8.41. The van der Waals surface area contributed by atoms with Gasteiger partial charge in [0.1, 0.15) is 0 Å². The highest BCUT2D eigenvalue weighted by Gasteiger charge is 2.06. The highest BCUT2D eigenvalue weighted by atomic mass is 79.9. The van der Waals surface area contributed by atoms with Crippen LogP contribution < -0.4 is 0 Å². The van der Waals surface area contributed by atoms with E-state index in [1.807, 2.05) is 0 Å². The van der Waals surface area contributed by atoms with Crippen LogP contribution in [0.25, 0.3) is 0 Å². The van der Waals surface area contributed by atoms with Gasteiger partial charge in [0.15, 0.2) is 0 Å². The number of halogens is 1. The molecule has 0 rings (SSSR count). The van der Waals surface area contributed by atoms with Gasteiger partial charge in [0.25, 0.3) is 0 Å². The molecule has 0 saturated carbocycles. The molecule has 19 heavy (non-hydrogen) atoms. The number of ether oxygens (including phenoxy) is 3. The van der Waals surface area contributed by atoms with Crippen LogP contribution in [-0.2, 0) is 14.2 Å². The van der Waals surface area contributed by atoms with E-state index in [9.17, 15) is 0 Å². The van der Waals surface area contributed by atoms with E-state index < -0.39 is 0 Å². The first-order valence-electron chi connectivity index (χ1n) is 7.29. The van der Waals surface area contributed by atoms with Gasteiger partial charge in [-0.3, -0.25) is 0 Å². The molecule has 0 bridgehead atoms. The van der Waals surface area contributed by atoms with Gasteiger partial charge in [-0.25, -0.2) is 0 Å². The van der Waals surface area contributed by atoms with Crippen LogP contribution in [0, 0.1) is 0 Å². The molecular formula is C14H29BrO4. The van der Waals surface area contributed by atoms with Gasteiger partial charge < -0.3 is 19.3 Å². The molecule has 0 spiro atoms. The zero-order valence-electron chi connectivity index (χ0n) is 12.1. The average molecular weight is 341 g/mol. The van der Waals surface area contributed by atoms with Crippen LogP contribution in [0.2, 0.25) is 0 Å². The molecule has 0 aliphatic heterocycles. The summed E-state index contributed by atoms with van der Waals surface area (Å²) in [5, 5.41) is 9.40. The molecule has 0 aliphatic rings. The molecule has 5 heteroatoms. The minimum atomic E-state index is 0.0636. The van der Waals surface area contributed by atoms with Gasteiger partial charge in [-0.15, -0.1) is 0 Å². The molecule has 0 fully saturated rings. The van der Waals surface area contributed by atoms with Crippen LogP contribution in [0.3, 0.4) is 0 Å². The van der Waals surface area contributed by atoms with Crippen molar-refractivity contribution in [2.24, 2.45) is 0 Å². The molecule has 0 heterocycles. The second-order valence-corrected chi connectivity index (χ2v) is 5.09. The van der Waals surface area contributed by atoms with Gasteiger partial charge in [0.05, 0.1) is 45.7 Å². The summed E-state index contributed by atoms with van der Waals surface area (Å²) in [4.78, 5) is 0. The highest BCUT2D eigenvalue weighted by Crippen LogP contribution is 2.10. The molecular weight excluding hydrogens is 312 g/mol. The normalized spacial score (nSPS) is 12.8. The lowest BCUT2D eigenvalue weighted by Gasteiger charge is -2.15. The van der Waals surface area contributed by atoms with Crippen molar-refractivity contribution in [1.29, 1.82) is 0 Å². The Morgan fingerprint density at radius 1 is 0.947 bits per heavy atom. The molecule has 0 aromatic carbocycles. The van der Waals surface area contributed by atoms with Crippen molar-refractivity contribution < 1.29 is 19.3 Å². The quantitative estimate of drug-likeness (QED) is 0.368. The molecule has 0 radical (unpaired) electrons. The van der Waals surface area contributed by atoms with E-state index in [0.717, 1.165) is 11.8 Å². The maximum Gasteiger partial charge on any atom is 0.0704 e. The van der Waals surface area contributed by atoms with E-state index in [2.05, 4.69) is 22.9 Å². The Kier molecular flexibility index (Phi) is 16.7. The maximum atomic E-state index is 8.51. The Hall–Kier alpha value is 0.320. The van der Waals surface area contributed by atoms with Gasteiger partial charge in [-0.05, 0) is 6.42 Å². The van der Waals surface area contributed by atoms with Crippen molar-refractivity contribution in [1.82, 2.24) is 0 Å². The van der Waals surface area contributed by atoms with Crippen molar-refractivity contribution >= 4 is 15.9 Å². The van der Waals surface area contributed by atoms with Crippen molar-refractivity contribution in [2.45, 2.75) is 45.1 Å². The van der Waals surface area contributed by atoms with Crippen molar-refractivity contribution in [3.8, 4) is 0 Å². The number of aliphatic hydroxyl groups excluding tert-OH is 1. The molecule has 1 unspecified atom stereocenters.